The van der Waals surface area contributed by atoms with E-state index in [2.05, 4.69) is 30.9 Å². The molecule has 3 aromatic rings. The highest BCUT2D eigenvalue weighted by molar-refractivity contribution is 5.45. The molecule has 0 unspecified atom stereocenters. The Kier molecular flexibility index (Phi) is 7.95. The molecule has 0 spiro atoms. The van der Waals surface area contributed by atoms with E-state index in [1.165, 1.54) is 31.4 Å². The quantitative estimate of drug-likeness (QED) is 0.385. The molecule has 0 atom stereocenters. The fourth-order valence-electron chi connectivity index (χ4n) is 3.96. The Hall–Kier alpha value is -3.62. The minimum Gasteiger partial charge on any atom is -0.497 e. The smallest absolute Gasteiger partial charge is 0.229 e. The van der Waals surface area contributed by atoms with Crippen LogP contribution in [0, 0.1) is 5.82 Å². The van der Waals surface area contributed by atoms with Gasteiger partial charge in [-0.2, -0.15) is 15.0 Å². The molecule has 8 nitrogen and oxygen atoms in total. The van der Waals surface area contributed by atoms with E-state index in [4.69, 9.17) is 9.47 Å². The first-order valence-corrected chi connectivity index (χ1v) is 11.6. The summed E-state index contributed by atoms with van der Waals surface area (Å²) in [4.78, 5) is 13.7. The SMILES string of the molecule is COc1cc(CNc2nc(NCc3ccc(F)cc3)nc(NC3CCCCC3)n2)cc(OC)c1. The fourth-order valence-corrected chi connectivity index (χ4v) is 3.96. The van der Waals surface area contributed by atoms with Gasteiger partial charge in [0.15, 0.2) is 0 Å². The normalized spacial score (nSPS) is 13.9. The van der Waals surface area contributed by atoms with Gasteiger partial charge in [0.2, 0.25) is 17.8 Å². The number of hydrogen-bond acceptors (Lipinski definition) is 8. The molecule has 0 radical (unpaired) electrons. The number of methoxy groups -OCH3 is 2. The van der Waals surface area contributed by atoms with E-state index in [-0.39, 0.29) is 5.82 Å². The molecule has 1 saturated carbocycles. The molecule has 1 aliphatic carbocycles. The molecule has 34 heavy (non-hydrogen) atoms. The number of anilines is 3. The second-order valence-corrected chi connectivity index (χ2v) is 8.34. The Bertz CT molecular complexity index is 1050. The fraction of sp³-hybridized carbons (Fsp3) is 0.400. The van der Waals surface area contributed by atoms with Crippen LogP contribution in [0.1, 0.15) is 43.2 Å². The lowest BCUT2D eigenvalue weighted by molar-refractivity contribution is 0.393. The maximum Gasteiger partial charge on any atom is 0.229 e. The molecular weight excluding hydrogens is 435 g/mol. The third-order valence-corrected chi connectivity index (χ3v) is 5.80. The highest BCUT2D eigenvalue weighted by Crippen LogP contribution is 2.24. The lowest BCUT2D eigenvalue weighted by atomic mass is 9.96. The van der Waals surface area contributed by atoms with Crippen molar-refractivity contribution in [1.29, 1.82) is 0 Å². The molecule has 1 aliphatic rings. The molecule has 0 bridgehead atoms. The highest BCUT2D eigenvalue weighted by atomic mass is 19.1. The summed E-state index contributed by atoms with van der Waals surface area (Å²) in [7, 11) is 3.25. The molecule has 0 aliphatic heterocycles. The Morgan fingerprint density at radius 3 is 1.91 bits per heavy atom. The molecule has 0 saturated heterocycles. The van der Waals surface area contributed by atoms with E-state index >= 15 is 0 Å². The van der Waals surface area contributed by atoms with Gasteiger partial charge in [0, 0.05) is 25.2 Å². The lowest BCUT2D eigenvalue weighted by Crippen LogP contribution is -2.24. The minimum absolute atomic E-state index is 0.261. The van der Waals surface area contributed by atoms with Crippen molar-refractivity contribution in [2.24, 2.45) is 0 Å². The Morgan fingerprint density at radius 2 is 1.32 bits per heavy atom. The van der Waals surface area contributed by atoms with Crippen molar-refractivity contribution in [1.82, 2.24) is 15.0 Å². The topological polar surface area (TPSA) is 93.2 Å². The summed E-state index contributed by atoms with van der Waals surface area (Å²) < 4.78 is 23.9. The number of ether oxygens (including phenoxy) is 2. The van der Waals surface area contributed by atoms with Gasteiger partial charge in [0.25, 0.3) is 0 Å². The molecule has 2 aromatic carbocycles. The van der Waals surface area contributed by atoms with E-state index in [1.54, 1.807) is 26.4 Å². The summed E-state index contributed by atoms with van der Waals surface area (Å²) in [6.07, 6.45) is 5.91. The van der Waals surface area contributed by atoms with Crippen LogP contribution in [0.2, 0.25) is 0 Å². The van der Waals surface area contributed by atoms with Crippen molar-refractivity contribution in [2.75, 3.05) is 30.2 Å². The van der Waals surface area contributed by atoms with Gasteiger partial charge in [-0.25, -0.2) is 4.39 Å². The molecule has 180 valence electrons. The van der Waals surface area contributed by atoms with Crippen LogP contribution in [0.25, 0.3) is 0 Å². The zero-order valence-corrected chi connectivity index (χ0v) is 19.6. The summed E-state index contributed by atoms with van der Waals surface area (Å²) in [6.45, 7) is 0.956. The molecule has 1 aromatic heterocycles. The number of hydrogen-bond donors (Lipinski definition) is 3. The lowest BCUT2D eigenvalue weighted by Gasteiger charge is -2.23. The predicted octanol–water partition coefficient (Wildman–Crippen LogP) is 5.00. The first kappa shape index (κ1) is 23.5. The largest absolute Gasteiger partial charge is 0.497 e. The van der Waals surface area contributed by atoms with E-state index < -0.39 is 0 Å². The van der Waals surface area contributed by atoms with Gasteiger partial charge >= 0.3 is 0 Å². The molecule has 1 fully saturated rings. The third-order valence-electron chi connectivity index (χ3n) is 5.80. The summed E-state index contributed by atoms with van der Waals surface area (Å²) in [6, 6.07) is 12.4. The van der Waals surface area contributed by atoms with Crippen molar-refractivity contribution < 1.29 is 13.9 Å². The summed E-state index contributed by atoms with van der Waals surface area (Å²) in [5, 5.41) is 9.98. The van der Waals surface area contributed by atoms with Crippen LogP contribution in [0.4, 0.5) is 22.2 Å². The zero-order valence-electron chi connectivity index (χ0n) is 19.6. The van der Waals surface area contributed by atoms with Crippen molar-refractivity contribution >= 4 is 17.8 Å². The van der Waals surface area contributed by atoms with Gasteiger partial charge in [-0.1, -0.05) is 31.4 Å². The molecule has 9 heteroatoms. The molecular formula is C25H31FN6O2. The number of aromatic nitrogens is 3. The number of nitrogens with zero attached hydrogens (tertiary/aromatic N) is 3. The van der Waals surface area contributed by atoms with Gasteiger partial charge in [-0.15, -0.1) is 0 Å². The van der Waals surface area contributed by atoms with Crippen LogP contribution in [-0.4, -0.2) is 35.2 Å². The first-order chi connectivity index (χ1) is 16.6. The van der Waals surface area contributed by atoms with Gasteiger partial charge in [-0.05, 0) is 48.2 Å². The number of rotatable bonds is 10. The number of halogens is 1. The van der Waals surface area contributed by atoms with Crippen LogP contribution < -0.4 is 25.4 Å². The Morgan fingerprint density at radius 1 is 0.765 bits per heavy atom. The second-order valence-electron chi connectivity index (χ2n) is 8.34. The number of benzene rings is 2. The monoisotopic (exact) mass is 466 g/mol. The van der Waals surface area contributed by atoms with E-state index in [1.807, 2.05) is 18.2 Å². The first-order valence-electron chi connectivity index (χ1n) is 11.6. The van der Waals surface area contributed by atoms with Crippen molar-refractivity contribution in [3.05, 3.63) is 59.4 Å². The highest BCUT2D eigenvalue weighted by Gasteiger charge is 2.16. The predicted molar refractivity (Wildman–Crippen MR) is 131 cm³/mol. The summed E-state index contributed by atoms with van der Waals surface area (Å²) >= 11 is 0. The van der Waals surface area contributed by atoms with Gasteiger partial charge < -0.3 is 25.4 Å². The molecule has 1 heterocycles. The maximum absolute atomic E-state index is 13.2. The summed E-state index contributed by atoms with van der Waals surface area (Å²) in [5.41, 5.74) is 1.90. The van der Waals surface area contributed by atoms with Crippen molar-refractivity contribution in [3.8, 4) is 11.5 Å². The number of nitrogens with one attached hydrogen (secondary N) is 3. The second kappa shape index (κ2) is 11.5. The van der Waals surface area contributed by atoms with Crippen LogP contribution in [0.3, 0.4) is 0 Å². The maximum atomic E-state index is 13.2. The average molecular weight is 467 g/mol. The van der Waals surface area contributed by atoms with Gasteiger partial charge in [0.05, 0.1) is 14.2 Å². The molecule has 4 rings (SSSR count). The van der Waals surface area contributed by atoms with E-state index in [0.717, 1.165) is 24.0 Å². The standard InChI is InChI=1S/C25H31FN6O2/c1-33-21-12-18(13-22(14-21)34-2)16-28-24-30-23(27-15-17-8-10-19(26)11-9-17)31-25(32-24)29-20-6-4-3-5-7-20/h8-14,20H,3-7,15-16H2,1-2H3,(H3,27,28,29,30,31,32). The van der Waals surface area contributed by atoms with E-state index in [9.17, 15) is 4.39 Å². The molecule has 0 amide bonds. The minimum atomic E-state index is -0.261. The van der Waals surface area contributed by atoms with Crippen molar-refractivity contribution in [3.63, 3.8) is 0 Å². The zero-order chi connectivity index (χ0) is 23.8. The van der Waals surface area contributed by atoms with Crippen LogP contribution >= 0.6 is 0 Å². The van der Waals surface area contributed by atoms with Crippen LogP contribution in [0.5, 0.6) is 11.5 Å². The van der Waals surface area contributed by atoms with Gasteiger partial charge in [-0.3, -0.25) is 0 Å². The summed E-state index contributed by atoms with van der Waals surface area (Å²) in [5.74, 6) is 2.61. The molecule has 3 N–H and O–H groups in total. The Balaban J connectivity index is 1.50. The van der Waals surface area contributed by atoms with Crippen molar-refractivity contribution in [2.45, 2.75) is 51.2 Å². The van der Waals surface area contributed by atoms with Crippen LogP contribution in [0.15, 0.2) is 42.5 Å². The average Bonchev–Trinajstić information content (AvgIpc) is 2.87. The van der Waals surface area contributed by atoms with Gasteiger partial charge in [0.1, 0.15) is 17.3 Å². The Labute approximate surface area is 199 Å². The van der Waals surface area contributed by atoms with E-state index in [0.29, 0.717) is 48.5 Å². The third kappa shape index (κ3) is 6.69. The van der Waals surface area contributed by atoms with Crippen LogP contribution in [-0.2, 0) is 13.1 Å².